The lowest BCUT2D eigenvalue weighted by atomic mass is 9.72. The second kappa shape index (κ2) is 34.5. The maximum Gasteiger partial charge on any atom is 0.410 e. The number of amides is 1. The Morgan fingerprint density at radius 2 is 1.57 bits per heavy atom. The number of nitrogens with one attached hydrogen (secondary N) is 2. The third-order valence-electron chi connectivity index (χ3n) is 17.2. The zero-order valence-corrected chi connectivity index (χ0v) is 60.2. The number of esters is 1. The van der Waals surface area contributed by atoms with E-state index in [1.54, 1.807) is 56.6 Å². The number of piperidine rings is 1. The predicted molar refractivity (Wildman–Crippen MR) is 358 cm³/mol. The highest BCUT2D eigenvalue weighted by molar-refractivity contribution is 14.1. The standard InChI is InChI=1S/C65H90IN3O23S3/c1-14-67-39-31-84-45(29-43(39)79-9)89-57-52(74)50(68-92-46-28-40(70)59(35(5)85-46)94-60(76)47-32(2)49(66)55(58(83-13)54(47)81-11)90-61-53(75)56(82-12)51(73)34(4)87-61)33(3)86-62(57)88-42-19-17-15-16-18-23-65(78)30-41(71)37(27-44(72)80-10)48(42)38(65)22-26-93-95-36-20-24-69(25-21-36)63(77)91-64(6,7)8/h15-16,22,33-36,39-40,42-43,45-46,50-53,56-57,59,61-62,67-68,70,73-75,78H,14,20-21,24-31H2,1-13H3/b16-15-,38-22+/t33-,34+,35-,39+,40+,42+,43+,45+,46+,50-,51+,52+,53-,56-,57-,59-,61+,62+,65+/m1/s1. The van der Waals surface area contributed by atoms with Gasteiger partial charge < -0.3 is 97.3 Å². The zero-order chi connectivity index (χ0) is 69.2. The number of rotatable bonds is 23. The number of aliphatic hydroxyl groups excluding tert-OH is 4. The van der Waals surface area contributed by atoms with Crippen molar-refractivity contribution in [3.8, 4) is 40.9 Å². The van der Waals surface area contributed by atoms with E-state index in [9.17, 15) is 44.7 Å². The molecular formula is C65H90IN3O23S3. The van der Waals surface area contributed by atoms with Crippen molar-refractivity contribution in [3.63, 3.8) is 0 Å². The van der Waals surface area contributed by atoms with Gasteiger partial charge in [0.25, 0.3) is 0 Å². The van der Waals surface area contributed by atoms with Gasteiger partial charge in [0.1, 0.15) is 42.2 Å². The molecular weight excluding hydrogens is 1410 g/mol. The van der Waals surface area contributed by atoms with E-state index >= 15 is 0 Å². The zero-order valence-electron chi connectivity index (χ0n) is 55.6. The molecule has 1 amide bonds. The first kappa shape index (κ1) is 76.9. The normalized spacial score (nSPS) is 34.5. The molecule has 5 aliphatic heterocycles. The first-order chi connectivity index (χ1) is 45.2. The molecule has 30 heteroatoms. The number of carbonyl (C=O) groups excluding carboxylic acids is 4. The van der Waals surface area contributed by atoms with Crippen LogP contribution >= 0.6 is 55.9 Å². The first-order valence-corrected chi connectivity index (χ1v) is 35.9. The van der Waals surface area contributed by atoms with E-state index in [2.05, 4.69) is 34.5 Å². The molecule has 8 rings (SSSR count). The molecule has 26 nitrogen and oxygen atoms in total. The Morgan fingerprint density at radius 1 is 0.863 bits per heavy atom. The van der Waals surface area contributed by atoms with Crippen LogP contribution in [0.1, 0.15) is 103 Å². The largest absolute Gasteiger partial charge is 0.492 e. The van der Waals surface area contributed by atoms with Crippen LogP contribution in [0, 0.1) is 34.2 Å². The minimum atomic E-state index is -2.08. The molecule has 5 saturated heterocycles. The monoisotopic (exact) mass is 1500 g/mol. The van der Waals surface area contributed by atoms with Crippen LogP contribution in [0.2, 0.25) is 0 Å². The van der Waals surface area contributed by atoms with Gasteiger partial charge in [-0.25, -0.2) is 4.79 Å². The summed E-state index contributed by atoms with van der Waals surface area (Å²) < 4.78 is 78.8. The second-order valence-corrected chi connectivity index (χ2v) is 29.8. The number of aliphatic hydroxyl groups is 5. The molecule has 5 heterocycles. The molecule has 2 bridgehead atoms. The lowest BCUT2D eigenvalue weighted by molar-refractivity contribution is -0.336. The summed E-state index contributed by atoms with van der Waals surface area (Å²) in [6.45, 7) is 15.9. The third kappa shape index (κ3) is 18.6. The topological polar surface area (TPSA) is 326 Å². The van der Waals surface area contributed by atoms with Crippen molar-refractivity contribution in [3.05, 3.63) is 49.6 Å². The Labute approximate surface area is 580 Å². The summed E-state index contributed by atoms with van der Waals surface area (Å²) in [4.78, 5) is 62.9. The molecule has 2 aliphatic carbocycles. The van der Waals surface area contributed by atoms with Crippen molar-refractivity contribution in [1.29, 1.82) is 0 Å². The number of likely N-dealkylation sites (tertiary alicyclic amines) is 1. The number of nitrogens with zero attached hydrogens (tertiary/aromatic N) is 1. The van der Waals surface area contributed by atoms with E-state index in [-0.39, 0.29) is 82.5 Å². The number of hydrogen-bond donors (Lipinski definition) is 7. The number of benzene rings is 1. The van der Waals surface area contributed by atoms with Gasteiger partial charge in [-0.3, -0.25) is 19.2 Å². The lowest BCUT2D eigenvalue weighted by Gasteiger charge is -2.46. The van der Waals surface area contributed by atoms with Crippen LogP contribution in [0.15, 0.2) is 34.9 Å². The minimum absolute atomic E-state index is 0.0218. The lowest BCUT2D eigenvalue weighted by Crippen LogP contribution is -2.65. The summed E-state index contributed by atoms with van der Waals surface area (Å²) >= 11 is 2.82. The number of methoxy groups -OCH3 is 5. The average molecular weight is 1500 g/mol. The number of ether oxygens (including phenoxy) is 13. The second-order valence-electron chi connectivity index (χ2n) is 24.8. The third-order valence-corrected chi connectivity index (χ3v) is 22.7. The number of Topliss-reactive ketones (excluding diaryl/α,β-unsaturated/α-hetero) is 1. The molecule has 528 valence electrons. The molecule has 0 spiro atoms. The van der Waals surface area contributed by atoms with Crippen LogP contribution < -0.4 is 25.0 Å². The highest BCUT2D eigenvalue weighted by Gasteiger charge is 2.52. The Hall–Kier alpha value is -3.82. The Balaban J connectivity index is 1.01. The molecule has 0 radical (unpaired) electrons. The maximum atomic E-state index is 14.5. The van der Waals surface area contributed by atoms with Crippen LogP contribution in [0.3, 0.4) is 0 Å². The number of carbonyl (C=O) groups is 4. The number of ketones is 1. The van der Waals surface area contributed by atoms with E-state index in [0.717, 1.165) is 24.6 Å². The predicted octanol–water partition coefficient (Wildman–Crippen LogP) is 4.57. The van der Waals surface area contributed by atoms with E-state index < -0.39 is 138 Å². The van der Waals surface area contributed by atoms with E-state index in [1.165, 1.54) is 51.4 Å². The number of likely N-dealkylation sites (N-methyl/N-ethyl adjacent to an activating group) is 1. The first-order valence-electron chi connectivity index (χ1n) is 31.5. The summed E-state index contributed by atoms with van der Waals surface area (Å²) in [7, 11) is 9.98. The maximum absolute atomic E-state index is 14.5. The summed E-state index contributed by atoms with van der Waals surface area (Å²) in [5, 5.41) is 61.0. The quantitative estimate of drug-likeness (QED) is 0.0197. The van der Waals surface area contributed by atoms with Gasteiger partial charge in [-0.1, -0.05) is 70.0 Å². The van der Waals surface area contributed by atoms with Gasteiger partial charge in [-0.2, -0.15) is 5.48 Å². The van der Waals surface area contributed by atoms with Crippen LogP contribution in [0.5, 0.6) is 17.2 Å². The Bertz CT molecular complexity index is 3090. The van der Waals surface area contributed by atoms with E-state index in [1.807, 2.05) is 50.3 Å². The van der Waals surface area contributed by atoms with Gasteiger partial charge in [0.05, 0.1) is 97.8 Å². The van der Waals surface area contributed by atoms with Crippen molar-refractivity contribution in [2.75, 3.05) is 67.5 Å². The van der Waals surface area contributed by atoms with Crippen molar-refractivity contribution < 1.29 is 111 Å². The molecule has 19 atom stereocenters. The van der Waals surface area contributed by atoms with Crippen molar-refractivity contribution in [2.24, 2.45) is 0 Å². The average Bonchev–Trinajstić information content (AvgIpc) is 0.761. The smallest absolute Gasteiger partial charge is 0.410 e. The molecule has 5 fully saturated rings. The molecule has 1 aromatic rings. The molecule has 1 aromatic carbocycles. The van der Waals surface area contributed by atoms with Crippen molar-refractivity contribution in [2.45, 2.75) is 220 Å². The van der Waals surface area contributed by atoms with Gasteiger partial charge >= 0.3 is 12.1 Å². The van der Waals surface area contributed by atoms with E-state index in [4.69, 9.17) is 66.4 Å². The molecule has 0 saturated carbocycles. The van der Waals surface area contributed by atoms with Gasteiger partial charge in [0.15, 0.2) is 41.8 Å². The number of fused-ring (bicyclic) bond motifs is 2. The summed E-state index contributed by atoms with van der Waals surface area (Å²) in [5.41, 5.74) is 0.988. The molecule has 7 N–H and O–H groups in total. The number of hydroxylamine groups is 1. The highest BCUT2D eigenvalue weighted by Crippen LogP contribution is 2.49. The molecule has 95 heavy (non-hydrogen) atoms. The number of allylic oxidation sites excluding steroid dienone is 2. The van der Waals surface area contributed by atoms with E-state index in [0.29, 0.717) is 34.5 Å². The highest BCUT2D eigenvalue weighted by atomic mass is 127. The molecule has 0 unspecified atom stereocenters. The molecule has 0 aromatic heterocycles. The van der Waals surface area contributed by atoms with Crippen LogP contribution in [0.4, 0.5) is 4.79 Å². The summed E-state index contributed by atoms with van der Waals surface area (Å²) in [5.74, 6) is 10.8. The number of hydrogen-bond acceptors (Lipinski definition) is 28. The fourth-order valence-electron chi connectivity index (χ4n) is 12.2. The minimum Gasteiger partial charge on any atom is -0.492 e. The number of halogens is 1. The molecule has 7 aliphatic rings. The Morgan fingerprint density at radius 3 is 2.22 bits per heavy atom. The van der Waals surface area contributed by atoms with Crippen molar-refractivity contribution in [1.82, 2.24) is 15.7 Å². The fraction of sp³-hybridized carbons (Fsp3) is 0.692. The van der Waals surface area contributed by atoms with Crippen LogP contribution in [-0.4, -0.2) is 247 Å². The number of thioether (sulfide) groups is 1. The Kier molecular flexibility index (Phi) is 27.9. The fourth-order valence-corrected chi connectivity index (χ4v) is 16.5. The van der Waals surface area contributed by atoms with Crippen molar-refractivity contribution >= 4 is 78.9 Å². The SMILES string of the molecule is CCN[C@H]1CO[C@@H](O[C@H]2[C@H](O[C@H]3C#C/C=C\C#C[C@]4(O)CC(=O)C(CC(=O)OC)=C3/C4=C\CSSC3CCN(C(=O)OC(C)(C)C)CC3)O[C@H](C)[C@@H](NO[C@H]3C[C@H](O)[C@H](SC(=O)c4c(C)c(I)c(O[C@@H]5O[C@@H](C)[C@H](O)[C@@H](OC)[C@H]5O)c(OC)c4OC)[C@@H](C)O3)[C@@H]2O)C[C@@H]1OC. The van der Waals surface area contributed by atoms with Gasteiger partial charge in [-0.15, -0.1) is 0 Å². The van der Waals surface area contributed by atoms with Crippen LogP contribution in [-0.2, 0) is 61.8 Å². The summed E-state index contributed by atoms with van der Waals surface area (Å²) in [6.07, 6.45) is -12.3. The summed E-state index contributed by atoms with van der Waals surface area (Å²) in [6, 6.07) is -1.30. The van der Waals surface area contributed by atoms with Gasteiger partial charge in [0, 0.05) is 67.9 Å². The van der Waals surface area contributed by atoms with Crippen LogP contribution in [0.25, 0.3) is 0 Å². The van der Waals surface area contributed by atoms with Gasteiger partial charge in [-0.05, 0) is 108 Å². The van der Waals surface area contributed by atoms with Gasteiger partial charge in [0.2, 0.25) is 17.2 Å².